The second-order valence-corrected chi connectivity index (χ2v) is 8.26. The molecule has 2 N–H and O–H groups in total. The van der Waals surface area contributed by atoms with Gasteiger partial charge in [0.05, 0.1) is 24.0 Å². The summed E-state index contributed by atoms with van der Waals surface area (Å²) in [7, 11) is 0. The maximum atomic E-state index is 9.61. The van der Waals surface area contributed by atoms with Gasteiger partial charge in [0, 0.05) is 51.7 Å². The van der Waals surface area contributed by atoms with Crippen LogP contribution in [0.25, 0.3) is 0 Å². The van der Waals surface area contributed by atoms with E-state index in [2.05, 4.69) is 70.1 Å². The number of aromatic nitrogens is 2. The predicted molar refractivity (Wildman–Crippen MR) is 125 cm³/mol. The van der Waals surface area contributed by atoms with E-state index in [1.54, 1.807) is 0 Å². The minimum atomic E-state index is 0.141. The molecule has 6 heteroatoms. The van der Waals surface area contributed by atoms with E-state index in [4.69, 9.17) is 0 Å². The van der Waals surface area contributed by atoms with E-state index in [-0.39, 0.29) is 6.61 Å². The lowest BCUT2D eigenvalue weighted by atomic mass is 10.1. The molecule has 2 aromatic heterocycles. The molecule has 1 aliphatic heterocycles. The number of hydrogen-bond acceptors (Lipinski definition) is 6. The Hall–Kier alpha value is -2.54. The van der Waals surface area contributed by atoms with Crippen LogP contribution < -0.4 is 5.32 Å². The fourth-order valence-corrected chi connectivity index (χ4v) is 3.79. The monoisotopic (exact) mass is 421 g/mol. The van der Waals surface area contributed by atoms with Gasteiger partial charge in [-0.1, -0.05) is 18.2 Å². The van der Waals surface area contributed by atoms with E-state index < -0.39 is 0 Å². The Morgan fingerprint density at radius 2 is 1.52 bits per heavy atom. The zero-order valence-corrected chi connectivity index (χ0v) is 19.0. The molecule has 0 bridgehead atoms. The van der Waals surface area contributed by atoms with Crippen molar-refractivity contribution in [3.8, 4) is 0 Å². The highest BCUT2D eigenvalue weighted by molar-refractivity contribution is 5.22. The molecule has 166 valence electrons. The number of hydrogen-bond donors (Lipinski definition) is 2. The molecule has 3 heterocycles. The second-order valence-electron chi connectivity index (χ2n) is 8.26. The normalized spacial score (nSPS) is 15.9. The predicted octanol–water partition coefficient (Wildman–Crippen LogP) is 2.82. The van der Waals surface area contributed by atoms with E-state index in [9.17, 15) is 5.11 Å². The van der Waals surface area contributed by atoms with Crippen molar-refractivity contribution in [2.45, 2.75) is 39.9 Å². The van der Waals surface area contributed by atoms with Crippen molar-refractivity contribution in [3.63, 3.8) is 0 Å². The minimum Gasteiger partial charge on any atom is -0.395 e. The summed E-state index contributed by atoms with van der Waals surface area (Å²) in [4.78, 5) is 13.9. The average Bonchev–Trinajstić information content (AvgIpc) is 2.76. The zero-order valence-electron chi connectivity index (χ0n) is 19.0. The van der Waals surface area contributed by atoms with Crippen LogP contribution in [-0.2, 0) is 13.1 Å². The number of nitrogens with one attached hydrogen (secondary N) is 1. The minimum absolute atomic E-state index is 0.141. The third-order valence-electron chi connectivity index (χ3n) is 5.87. The third kappa shape index (κ3) is 6.99. The summed E-state index contributed by atoms with van der Waals surface area (Å²) in [6.45, 7) is 11.3. The molecule has 1 atom stereocenters. The fourth-order valence-electron chi connectivity index (χ4n) is 3.79. The molecule has 0 saturated carbocycles. The molecule has 3 rings (SSSR count). The first-order valence-corrected chi connectivity index (χ1v) is 11.0. The summed E-state index contributed by atoms with van der Waals surface area (Å²) in [5.74, 6) is 0. The summed E-state index contributed by atoms with van der Waals surface area (Å²) in [5, 5.41) is 13.1. The topological polar surface area (TPSA) is 64.5 Å². The van der Waals surface area contributed by atoms with Crippen LogP contribution in [-0.4, -0.2) is 63.7 Å². The molecule has 2 aromatic rings. The number of aliphatic hydroxyl groups excluding tert-OH is 1. The number of aryl methyl sites for hydroxylation is 2. The highest BCUT2D eigenvalue weighted by atomic mass is 16.3. The summed E-state index contributed by atoms with van der Waals surface area (Å²) < 4.78 is 0. The Balaban J connectivity index is 1.69. The number of nitrogens with zero attached hydrogens (tertiary/aromatic N) is 4. The van der Waals surface area contributed by atoms with Crippen LogP contribution in [0.4, 0.5) is 0 Å². The lowest BCUT2D eigenvalue weighted by Gasteiger charge is -2.31. The Labute approximate surface area is 186 Å². The molecule has 31 heavy (non-hydrogen) atoms. The zero-order chi connectivity index (χ0) is 22.1. The van der Waals surface area contributed by atoms with E-state index in [1.807, 2.05) is 30.7 Å². The van der Waals surface area contributed by atoms with Gasteiger partial charge >= 0.3 is 0 Å². The molecule has 0 fully saturated rings. The van der Waals surface area contributed by atoms with Gasteiger partial charge in [-0.15, -0.1) is 0 Å². The van der Waals surface area contributed by atoms with E-state index in [1.165, 1.54) is 16.7 Å². The lowest BCUT2D eigenvalue weighted by Crippen LogP contribution is -2.44. The van der Waals surface area contributed by atoms with Crippen LogP contribution in [0, 0.1) is 13.8 Å². The van der Waals surface area contributed by atoms with Crippen molar-refractivity contribution in [3.05, 3.63) is 83.1 Å². The van der Waals surface area contributed by atoms with E-state index in [0.29, 0.717) is 12.6 Å². The molecule has 1 aliphatic rings. The van der Waals surface area contributed by atoms with Crippen molar-refractivity contribution in [1.82, 2.24) is 25.1 Å². The summed E-state index contributed by atoms with van der Waals surface area (Å²) in [6.07, 6.45) is 9.95. The Bertz CT molecular complexity index is 895. The highest BCUT2D eigenvalue weighted by Gasteiger charge is 2.19. The van der Waals surface area contributed by atoms with Crippen LogP contribution >= 0.6 is 0 Å². The standard InChI is InChI=1S/C25H35N5O/c1-20-7-4-10-26-23(20)17-29(15-16-31)13-14-30(18-24-21(2)8-5-11-27-24)19-25-22(3)9-6-12-28-25/h4-12,24,27,31H,13-19H2,1-3H3. The van der Waals surface area contributed by atoms with E-state index in [0.717, 1.165) is 44.1 Å². The SMILES string of the molecule is CC1=CC=CNC1CN(CCN(CCO)Cc1ncccc1C)Cc1ncccc1C. The number of pyridine rings is 2. The van der Waals surface area contributed by atoms with Gasteiger partial charge in [-0.25, -0.2) is 0 Å². The molecule has 0 amide bonds. The lowest BCUT2D eigenvalue weighted by molar-refractivity contribution is 0.155. The molecule has 0 aliphatic carbocycles. The van der Waals surface area contributed by atoms with Crippen LogP contribution in [0.2, 0.25) is 0 Å². The number of aliphatic hydroxyl groups is 1. The van der Waals surface area contributed by atoms with E-state index >= 15 is 0 Å². The van der Waals surface area contributed by atoms with Gasteiger partial charge in [0.1, 0.15) is 0 Å². The molecule has 0 saturated heterocycles. The number of allylic oxidation sites excluding steroid dienone is 2. The van der Waals surface area contributed by atoms with Gasteiger partial charge < -0.3 is 10.4 Å². The van der Waals surface area contributed by atoms with Crippen LogP contribution in [0.15, 0.2) is 60.6 Å². The molecule has 0 radical (unpaired) electrons. The van der Waals surface area contributed by atoms with Crippen molar-refractivity contribution in [2.75, 3.05) is 32.8 Å². The smallest absolute Gasteiger partial charge is 0.0595 e. The summed E-state index contributed by atoms with van der Waals surface area (Å²) in [6, 6.07) is 8.45. The van der Waals surface area contributed by atoms with Crippen molar-refractivity contribution < 1.29 is 5.11 Å². The summed E-state index contributed by atoms with van der Waals surface area (Å²) in [5.41, 5.74) is 5.92. The van der Waals surface area contributed by atoms with Gasteiger partial charge in [0.2, 0.25) is 0 Å². The molecule has 0 aromatic carbocycles. The average molecular weight is 422 g/mol. The third-order valence-corrected chi connectivity index (χ3v) is 5.87. The second kappa shape index (κ2) is 11.7. The van der Waals surface area contributed by atoms with Gasteiger partial charge in [0.25, 0.3) is 0 Å². The Kier molecular flexibility index (Phi) is 8.76. The van der Waals surface area contributed by atoms with Crippen molar-refractivity contribution in [1.29, 1.82) is 0 Å². The van der Waals surface area contributed by atoms with Crippen LogP contribution in [0.1, 0.15) is 29.4 Å². The van der Waals surface area contributed by atoms with Crippen molar-refractivity contribution >= 4 is 0 Å². The van der Waals surface area contributed by atoms with Crippen molar-refractivity contribution in [2.24, 2.45) is 0 Å². The Morgan fingerprint density at radius 1 is 0.903 bits per heavy atom. The van der Waals surface area contributed by atoms with Gasteiger partial charge in [-0.05, 0) is 61.9 Å². The first-order chi connectivity index (χ1) is 15.1. The quantitative estimate of drug-likeness (QED) is 0.582. The Morgan fingerprint density at radius 3 is 2.10 bits per heavy atom. The molecule has 1 unspecified atom stereocenters. The van der Waals surface area contributed by atoms with Gasteiger partial charge in [-0.2, -0.15) is 0 Å². The first kappa shape index (κ1) is 23.1. The van der Waals surface area contributed by atoms with Crippen LogP contribution in [0.3, 0.4) is 0 Å². The highest BCUT2D eigenvalue weighted by Crippen LogP contribution is 2.13. The number of rotatable bonds is 11. The molecule has 0 spiro atoms. The van der Waals surface area contributed by atoms with Gasteiger partial charge in [-0.3, -0.25) is 19.8 Å². The largest absolute Gasteiger partial charge is 0.395 e. The molecular formula is C25H35N5O. The maximum absolute atomic E-state index is 9.61. The first-order valence-electron chi connectivity index (χ1n) is 11.0. The summed E-state index contributed by atoms with van der Waals surface area (Å²) >= 11 is 0. The molecular weight excluding hydrogens is 386 g/mol. The molecule has 6 nitrogen and oxygen atoms in total. The fraction of sp³-hybridized carbons (Fsp3) is 0.440. The maximum Gasteiger partial charge on any atom is 0.0595 e. The van der Waals surface area contributed by atoms with Crippen LogP contribution in [0.5, 0.6) is 0 Å². The van der Waals surface area contributed by atoms with Gasteiger partial charge in [0.15, 0.2) is 0 Å². The number of dihydropyridines is 1.